The van der Waals surface area contributed by atoms with E-state index >= 15 is 0 Å². The quantitative estimate of drug-likeness (QED) is 0.376. The molecule has 0 radical (unpaired) electrons. The molecule has 0 N–H and O–H groups in total. The van der Waals surface area contributed by atoms with Crippen LogP contribution in [0.1, 0.15) is 19.3 Å². The molecule has 0 aliphatic heterocycles. The van der Waals surface area contributed by atoms with Crippen LogP contribution in [0.2, 0.25) is 0 Å². The summed E-state index contributed by atoms with van der Waals surface area (Å²) in [5.41, 5.74) is 0. The van der Waals surface area contributed by atoms with E-state index in [2.05, 4.69) is 0 Å². The molecule has 0 bridgehead atoms. The van der Waals surface area contributed by atoms with Gasteiger partial charge in [0.2, 0.25) is 0 Å². The van der Waals surface area contributed by atoms with Gasteiger partial charge in [-0.1, -0.05) is 0 Å². The summed E-state index contributed by atoms with van der Waals surface area (Å²) >= 11 is 5.42. The normalized spacial score (nSPS) is 22.8. The molecular formula is C6H7ClO2. The number of halogens is 1. The highest BCUT2D eigenvalue weighted by molar-refractivity contribution is 6.42. The predicted molar refractivity (Wildman–Crippen MR) is 33.5 cm³/mol. The molecule has 0 saturated heterocycles. The van der Waals surface area contributed by atoms with Crippen LogP contribution in [0.4, 0.5) is 0 Å². The first kappa shape index (κ1) is 6.75. The molecule has 50 valence electrons. The van der Waals surface area contributed by atoms with Crippen LogP contribution in [-0.2, 0) is 9.59 Å². The maximum absolute atomic E-state index is 10.7. The van der Waals surface area contributed by atoms with Crippen LogP contribution in [0.5, 0.6) is 0 Å². The molecule has 0 amide bonds. The zero-order valence-corrected chi connectivity index (χ0v) is 5.65. The molecule has 0 atom stereocenters. The topological polar surface area (TPSA) is 34.1 Å². The summed E-state index contributed by atoms with van der Waals surface area (Å²) in [7, 11) is 0. The Hall–Kier alpha value is -0.370. The van der Waals surface area contributed by atoms with Crippen molar-refractivity contribution in [2.45, 2.75) is 24.6 Å². The Morgan fingerprint density at radius 2 is 1.67 bits per heavy atom. The highest BCUT2D eigenvalue weighted by Gasteiger charge is 2.27. The van der Waals surface area contributed by atoms with Crippen molar-refractivity contribution in [2.24, 2.45) is 0 Å². The van der Waals surface area contributed by atoms with Gasteiger partial charge in [0.15, 0.2) is 16.9 Å². The number of Topliss-reactive ketones (excluding diaryl/α,β-unsaturated/α-hetero) is 2. The van der Waals surface area contributed by atoms with E-state index in [9.17, 15) is 9.59 Å². The van der Waals surface area contributed by atoms with Gasteiger partial charge >= 0.3 is 0 Å². The Bertz CT molecular complexity index is 137. The third-order valence-electron chi connectivity index (χ3n) is 1.41. The molecule has 0 unspecified atom stereocenters. The average molecular weight is 147 g/mol. The van der Waals surface area contributed by atoms with Crippen LogP contribution in [0.25, 0.3) is 0 Å². The molecule has 2 nitrogen and oxygen atoms in total. The zero-order valence-electron chi connectivity index (χ0n) is 4.89. The Labute approximate surface area is 58.2 Å². The van der Waals surface area contributed by atoms with Crippen molar-refractivity contribution >= 4 is 23.2 Å². The van der Waals surface area contributed by atoms with Crippen LogP contribution in [0.3, 0.4) is 0 Å². The number of hydrogen-bond acceptors (Lipinski definition) is 2. The summed E-state index contributed by atoms with van der Waals surface area (Å²) in [6.45, 7) is 0. The van der Waals surface area contributed by atoms with E-state index in [1.807, 2.05) is 0 Å². The molecule has 0 aromatic rings. The fourth-order valence-electron chi connectivity index (χ4n) is 0.870. The number of alkyl halides is 1. The van der Waals surface area contributed by atoms with Crippen molar-refractivity contribution in [1.82, 2.24) is 0 Å². The van der Waals surface area contributed by atoms with E-state index < -0.39 is 5.38 Å². The van der Waals surface area contributed by atoms with Crippen LogP contribution in [0.15, 0.2) is 0 Å². The minimum Gasteiger partial charge on any atom is -0.298 e. The number of hydrogen-bond donors (Lipinski definition) is 0. The minimum absolute atomic E-state index is 0.118. The van der Waals surface area contributed by atoms with Crippen LogP contribution in [0, 0.1) is 0 Å². The third-order valence-corrected chi connectivity index (χ3v) is 1.90. The second-order valence-corrected chi connectivity index (χ2v) is 2.59. The lowest BCUT2D eigenvalue weighted by Gasteiger charge is -2.11. The van der Waals surface area contributed by atoms with Gasteiger partial charge in [0.25, 0.3) is 0 Å². The smallest absolute Gasteiger partial charge is 0.158 e. The van der Waals surface area contributed by atoms with Crippen molar-refractivity contribution in [3.8, 4) is 0 Å². The molecule has 9 heavy (non-hydrogen) atoms. The molecule has 1 fully saturated rings. The SMILES string of the molecule is O=C1CCCC(=O)C1Cl. The second kappa shape index (κ2) is 2.48. The van der Waals surface area contributed by atoms with Crippen molar-refractivity contribution in [1.29, 1.82) is 0 Å². The molecule has 1 aliphatic carbocycles. The van der Waals surface area contributed by atoms with E-state index in [1.165, 1.54) is 0 Å². The van der Waals surface area contributed by atoms with Gasteiger partial charge in [0, 0.05) is 12.8 Å². The Morgan fingerprint density at radius 3 is 2.00 bits per heavy atom. The number of carbonyl (C=O) groups excluding carboxylic acids is 2. The maximum Gasteiger partial charge on any atom is 0.158 e. The molecule has 1 rings (SSSR count). The minimum atomic E-state index is -0.834. The van der Waals surface area contributed by atoms with Gasteiger partial charge < -0.3 is 0 Å². The van der Waals surface area contributed by atoms with Gasteiger partial charge in [-0.15, -0.1) is 11.6 Å². The molecule has 3 heteroatoms. The first-order valence-electron chi connectivity index (χ1n) is 2.91. The lowest BCUT2D eigenvalue weighted by Crippen LogP contribution is -2.28. The van der Waals surface area contributed by atoms with Crippen molar-refractivity contribution in [2.75, 3.05) is 0 Å². The largest absolute Gasteiger partial charge is 0.298 e. The first-order chi connectivity index (χ1) is 4.22. The Balaban J connectivity index is 2.62. The lowest BCUT2D eigenvalue weighted by molar-refractivity contribution is -0.128. The Kier molecular flexibility index (Phi) is 1.86. The standard InChI is InChI=1S/C6H7ClO2/c7-6-4(8)2-1-3-5(6)9/h6H,1-3H2. The number of ketones is 2. The van der Waals surface area contributed by atoms with Gasteiger partial charge in [-0.05, 0) is 6.42 Å². The molecule has 1 saturated carbocycles. The monoisotopic (exact) mass is 146 g/mol. The van der Waals surface area contributed by atoms with Gasteiger partial charge in [-0.2, -0.15) is 0 Å². The summed E-state index contributed by atoms with van der Waals surface area (Å²) < 4.78 is 0. The van der Waals surface area contributed by atoms with Crippen LogP contribution in [-0.4, -0.2) is 16.9 Å². The van der Waals surface area contributed by atoms with Gasteiger partial charge in [-0.3, -0.25) is 9.59 Å². The summed E-state index contributed by atoms with van der Waals surface area (Å²) in [6.07, 6.45) is 1.63. The third kappa shape index (κ3) is 1.30. The first-order valence-corrected chi connectivity index (χ1v) is 3.35. The fourth-order valence-corrected chi connectivity index (χ4v) is 1.09. The van der Waals surface area contributed by atoms with Gasteiger partial charge in [0.1, 0.15) is 0 Å². The van der Waals surface area contributed by atoms with Crippen molar-refractivity contribution in [3.05, 3.63) is 0 Å². The Morgan fingerprint density at radius 1 is 1.22 bits per heavy atom. The van der Waals surface area contributed by atoms with E-state index in [4.69, 9.17) is 11.6 Å². The number of rotatable bonds is 0. The van der Waals surface area contributed by atoms with Crippen molar-refractivity contribution in [3.63, 3.8) is 0 Å². The van der Waals surface area contributed by atoms with Gasteiger partial charge in [0.05, 0.1) is 0 Å². The molecule has 0 heterocycles. The van der Waals surface area contributed by atoms with E-state index in [0.29, 0.717) is 19.3 Å². The summed E-state index contributed by atoms with van der Waals surface area (Å²) in [5.74, 6) is -0.235. The molecule has 0 aromatic heterocycles. The van der Waals surface area contributed by atoms with Crippen LogP contribution < -0.4 is 0 Å². The molecule has 1 aliphatic rings. The molecular weight excluding hydrogens is 140 g/mol. The number of carbonyl (C=O) groups is 2. The fraction of sp³-hybridized carbons (Fsp3) is 0.667. The summed E-state index contributed by atoms with van der Waals surface area (Å²) in [4.78, 5) is 21.3. The predicted octanol–water partition coefficient (Wildman–Crippen LogP) is 0.916. The van der Waals surface area contributed by atoms with Crippen molar-refractivity contribution < 1.29 is 9.59 Å². The van der Waals surface area contributed by atoms with E-state index in [-0.39, 0.29) is 11.6 Å². The van der Waals surface area contributed by atoms with Gasteiger partial charge in [-0.25, -0.2) is 0 Å². The zero-order chi connectivity index (χ0) is 6.85. The van der Waals surface area contributed by atoms with E-state index in [0.717, 1.165) is 0 Å². The average Bonchev–Trinajstić information content (AvgIpc) is 1.83. The molecule has 0 aromatic carbocycles. The van der Waals surface area contributed by atoms with E-state index in [1.54, 1.807) is 0 Å². The summed E-state index contributed by atoms with van der Waals surface area (Å²) in [6, 6.07) is 0. The molecule has 0 spiro atoms. The maximum atomic E-state index is 10.7. The van der Waals surface area contributed by atoms with Crippen LogP contribution >= 0.6 is 11.6 Å². The highest BCUT2D eigenvalue weighted by atomic mass is 35.5. The summed E-state index contributed by atoms with van der Waals surface area (Å²) in [5, 5.41) is -0.834. The highest BCUT2D eigenvalue weighted by Crippen LogP contribution is 2.15. The lowest BCUT2D eigenvalue weighted by atomic mass is 9.98. The second-order valence-electron chi connectivity index (χ2n) is 2.15.